The van der Waals surface area contributed by atoms with E-state index in [1.54, 1.807) is 12.1 Å². The van der Waals surface area contributed by atoms with Crippen molar-refractivity contribution in [3.8, 4) is 0 Å². The van der Waals surface area contributed by atoms with Gasteiger partial charge in [0, 0.05) is 18.0 Å². The molecule has 0 aliphatic carbocycles. The van der Waals surface area contributed by atoms with E-state index in [0.29, 0.717) is 10.7 Å². The maximum atomic E-state index is 11.7. The van der Waals surface area contributed by atoms with Gasteiger partial charge in [-0.15, -0.1) is 0 Å². The Kier molecular flexibility index (Phi) is 3.92. The van der Waals surface area contributed by atoms with Gasteiger partial charge in [0.15, 0.2) is 5.13 Å². The van der Waals surface area contributed by atoms with Crippen LogP contribution in [0.1, 0.15) is 10.4 Å². The first-order chi connectivity index (χ1) is 10.7. The Bertz CT molecular complexity index is 785. The van der Waals surface area contributed by atoms with Crippen LogP contribution in [0.5, 0.6) is 0 Å². The lowest BCUT2D eigenvalue weighted by molar-refractivity contribution is 0.0938. The van der Waals surface area contributed by atoms with Crippen LogP contribution >= 0.6 is 11.3 Å². The zero-order valence-electron chi connectivity index (χ0n) is 11.2. The molecule has 0 saturated carbocycles. The quantitative estimate of drug-likeness (QED) is 0.632. The fraction of sp³-hybridized carbons (Fsp3) is 0. The Balaban J connectivity index is 1.57. The molecule has 0 radical (unpaired) electrons. The standard InChI is InChI=1S/C14H11N5O2S/c20-12(9-5-7-15-8-6-9)18-19-13(21)17-14-16-10-3-1-2-4-11(10)22-14/h1-8H,(H,18,20)(H2,16,17,19,21). The second-order valence-electron chi connectivity index (χ2n) is 4.26. The molecule has 22 heavy (non-hydrogen) atoms. The predicted molar refractivity (Wildman–Crippen MR) is 83.5 cm³/mol. The van der Waals surface area contributed by atoms with E-state index in [1.807, 2.05) is 24.3 Å². The average Bonchev–Trinajstić information content (AvgIpc) is 2.95. The molecule has 2 heterocycles. The number of nitrogens with zero attached hydrogens (tertiary/aromatic N) is 2. The number of benzene rings is 1. The highest BCUT2D eigenvalue weighted by atomic mass is 32.1. The molecule has 0 atom stereocenters. The molecule has 110 valence electrons. The molecule has 1 aromatic carbocycles. The average molecular weight is 313 g/mol. The van der Waals surface area contributed by atoms with E-state index in [-0.39, 0.29) is 0 Å². The number of carbonyl (C=O) groups excluding carboxylic acids is 2. The normalized spacial score (nSPS) is 10.2. The number of amides is 3. The van der Waals surface area contributed by atoms with Crippen molar-refractivity contribution in [3.63, 3.8) is 0 Å². The first-order valence-corrected chi connectivity index (χ1v) is 7.17. The van der Waals surface area contributed by atoms with Gasteiger partial charge in [-0.3, -0.25) is 20.5 Å². The smallest absolute Gasteiger partial charge is 0.282 e. The van der Waals surface area contributed by atoms with Gasteiger partial charge in [-0.1, -0.05) is 23.5 Å². The van der Waals surface area contributed by atoms with Crippen LogP contribution in [0.2, 0.25) is 0 Å². The summed E-state index contributed by atoms with van der Waals surface area (Å²) in [6.45, 7) is 0. The van der Waals surface area contributed by atoms with Crippen LogP contribution in [-0.2, 0) is 0 Å². The van der Waals surface area contributed by atoms with Crippen molar-refractivity contribution in [1.29, 1.82) is 0 Å². The number of para-hydroxylation sites is 1. The molecule has 8 heteroatoms. The number of carbonyl (C=O) groups is 2. The molecular formula is C14H11N5O2S. The fourth-order valence-corrected chi connectivity index (χ4v) is 2.60. The summed E-state index contributed by atoms with van der Waals surface area (Å²) in [5.74, 6) is -0.429. The number of urea groups is 1. The molecule has 0 aliphatic rings. The number of rotatable bonds is 2. The molecule has 3 amide bonds. The minimum Gasteiger partial charge on any atom is -0.282 e. The Morgan fingerprint density at radius 1 is 1.00 bits per heavy atom. The molecule has 2 aromatic heterocycles. The third-order valence-electron chi connectivity index (χ3n) is 2.75. The summed E-state index contributed by atoms with van der Waals surface area (Å²) in [6.07, 6.45) is 2.99. The largest absolute Gasteiger partial charge is 0.339 e. The first kappa shape index (κ1) is 14.0. The zero-order valence-corrected chi connectivity index (χ0v) is 12.1. The minimum absolute atomic E-state index is 0.398. The molecular weight excluding hydrogens is 302 g/mol. The SMILES string of the molecule is O=C(NNC(=O)c1ccncc1)Nc1nc2ccccc2s1. The van der Waals surface area contributed by atoms with Crippen LogP contribution in [-0.4, -0.2) is 21.9 Å². The van der Waals surface area contributed by atoms with Crippen molar-refractivity contribution >= 4 is 38.6 Å². The summed E-state index contributed by atoms with van der Waals surface area (Å²) in [5.41, 5.74) is 5.78. The van der Waals surface area contributed by atoms with Crippen LogP contribution in [0.25, 0.3) is 10.2 Å². The minimum atomic E-state index is -0.568. The number of hydrogen-bond acceptors (Lipinski definition) is 5. The summed E-state index contributed by atoms with van der Waals surface area (Å²) in [4.78, 5) is 31.6. The Hall–Kier alpha value is -3.00. The number of fused-ring (bicyclic) bond motifs is 1. The van der Waals surface area contributed by atoms with Crippen LogP contribution < -0.4 is 16.2 Å². The van der Waals surface area contributed by atoms with E-state index in [1.165, 1.54) is 23.7 Å². The van der Waals surface area contributed by atoms with Crippen LogP contribution in [0.15, 0.2) is 48.8 Å². The molecule has 0 saturated heterocycles. The Labute approximate surface area is 129 Å². The van der Waals surface area contributed by atoms with Crippen LogP contribution in [0, 0.1) is 0 Å². The molecule has 0 spiro atoms. The summed E-state index contributed by atoms with van der Waals surface area (Å²) >= 11 is 1.35. The fourth-order valence-electron chi connectivity index (χ4n) is 1.74. The van der Waals surface area contributed by atoms with Gasteiger partial charge in [0.1, 0.15) is 0 Å². The van der Waals surface area contributed by atoms with Crippen molar-refractivity contribution in [3.05, 3.63) is 54.4 Å². The van der Waals surface area contributed by atoms with E-state index in [4.69, 9.17) is 0 Å². The summed E-state index contributed by atoms with van der Waals surface area (Å²) in [7, 11) is 0. The molecule has 0 aliphatic heterocycles. The highest BCUT2D eigenvalue weighted by molar-refractivity contribution is 7.22. The monoisotopic (exact) mass is 313 g/mol. The number of anilines is 1. The van der Waals surface area contributed by atoms with Gasteiger partial charge >= 0.3 is 6.03 Å². The third kappa shape index (κ3) is 3.18. The number of nitrogens with one attached hydrogen (secondary N) is 3. The van der Waals surface area contributed by atoms with Crippen molar-refractivity contribution in [2.75, 3.05) is 5.32 Å². The third-order valence-corrected chi connectivity index (χ3v) is 3.70. The lowest BCUT2D eigenvalue weighted by Crippen LogP contribution is -2.43. The van der Waals surface area contributed by atoms with Gasteiger partial charge in [-0.25, -0.2) is 15.2 Å². The maximum absolute atomic E-state index is 11.7. The van der Waals surface area contributed by atoms with Gasteiger partial charge < -0.3 is 0 Å². The number of aromatic nitrogens is 2. The second kappa shape index (κ2) is 6.19. The van der Waals surface area contributed by atoms with E-state index < -0.39 is 11.9 Å². The van der Waals surface area contributed by atoms with Crippen molar-refractivity contribution in [2.45, 2.75) is 0 Å². The van der Waals surface area contributed by atoms with Gasteiger partial charge in [0.25, 0.3) is 5.91 Å². The molecule has 3 N–H and O–H groups in total. The van der Waals surface area contributed by atoms with Gasteiger partial charge in [-0.2, -0.15) is 0 Å². The van der Waals surface area contributed by atoms with Crippen molar-refractivity contribution in [1.82, 2.24) is 20.8 Å². The van der Waals surface area contributed by atoms with E-state index >= 15 is 0 Å². The molecule has 0 fully saturated rings. The summed E-state index contributed by atoms with van der Waals surface area (Å²) in [6, 6.07) is 10.1. The number of hydrazine groups is 1. The van der Waals surface area contributed by atoms with Gasteiger partial charge in [0.2, 0.25) is 0 Å². The van der Waals surface area contributed by atoms with Crippen LogP contribution in [0.4, 0.5) is 9.93 Å². The maximum Gasteiger partial charge on any atom is 0.339 e. The highest BCUT2D eigenvalue weighted by Gasteiger charge is 2.09. The summed E-state index contributed by atoms with van der Waals surface area (Å²) in [5, 5.41) is 3.02. The predicted octanol–water partition coefficient (Wildman–Crippen LogP) is 2.16. The second-order valence-corrected chi connectivity index (χ2v) is 5.29. The zero-order chi connectivity index (χ0) is 15.4. The molecule has 7 nitrogen and oxygen atoms in total. The molecule has 0 unspecified atom stereocenters. The topological polar surface area (TPSA) is 96.0 Å². The van der Waals surface area contributed by atoms with Gasteiger partial charge in [-0.05, 0) is 24.3 Å². The van der Waals surface area contributed by atoms with Crippen molar-refractivity contribution < 1.29 is 9.59 Å². The Morgan fingerprint density at radius 2 is 1.77 bits per heavy atom. The summed E-state index contributed by atoms with van der Waals surface area (Å²) < 4.78 is 0.971. The molecule has 3 aromatic rings. The van der Waals surface area contributed by atoms with Crippen LogP contribution in [0.3, 0.4) is 0 Å². The lowest BCUT2D eigenvalue weighted by atomic mass is 10.3. The Morgan fingerprint density at radius 3 is 2.55 bits per heavy atom. The first-order valence-electron chi connectivity index (χ1n) is 6.35. The highest BCUT2D eigenvalue weighted by Crippen LogP contribution is 2.24. The van der Waals surface area contributed by atoms with E-state index in [0.717, 1.165) is 10.2 Å². The number of hydrogen-bond donors (Lipinski definition) is 3. The van der Waals surface area contributed by atoms with Gasteiger partial charge in [0.05, 0.1) is 10.2 Å². The molecule has 0 bridgehead atoms. The van der Waals surface area contributed by atoms with E-state index in [2.05, 4.69) is 26.1 Å². The molecule has 3 rings (SSSR count). The van der Waals surface area contributed by atoms with Crippen molar-refractivity contribution in [2.24, 2.45) is 0 Å². The van der Waals surface area contributed by atoms with E-state index in [9.17, 15) is 9.59 Å². The number of pyridine rings is 1. The lowest BCUT2D eigenvalue weighted by Gasteiger charge is -2.06. The number of thiazole rings is 1.